The van der Waals surface area contributed by atoms with Crippen LogP contribution >= 0.6 is 0 Å². The van der Waals surface area contributed by atoms with Crippen LogP contribution in [0.2, 0.25) is 0 Å². The van der Waals surface area contributed by atoms with Crippen LogP contribution in [0, 0.1) is 0 Å². The highest BCUT2D eigenvalue weighted by Gasteiger charge is 2.29. The normalized spacial score (nSPS) is 15.2. The summed E-state index contributed by atoms with van der Waals surface area (Å²) >= 11 is 0. The van der Waals surface area contributed by atoms with Crippen molar-refractivity contribution in [3.05, 3.63) is 23.8 Å². The standard InChI is InChI=1S/C13H19NO7/c15-6-10(18)11(19)12(20)13(21)14-5-4-7-8(16)2-1-3-9(7)17/h1-3,10-12,15-20H,4-6H2,(H,14,21)/t10-,11-,12-/m1/s1. The maximum Gasteiger partial charge on any atom is 0.251 e. The Bertz CT molecular complexity index is 459. The molecule has 0 spiro atoms. The SMILES string of the molecule is O=C(NCCc1c(O)cccc1O)[C@H](O)[C@H](O)[C@H](O)CO. The van der Waals surface area contributed by atoms with Gasteiger partial charge in [0.15, 0.2) is 6.10 Å². The molecule has 0 bridgehead atoms. The van der Waals surface area contributed by atoms with Crippen molar-refractivity contribution in [1.82, 2.24) is 5.32 Å². The number of hydrogen-bond donors (Lipinski definition) is 7. The van der Waals surface area contributed by atoms with Crippen molar-refractivity contribution in [1.29, 1.82) is 0 Å². The Morgan fingerprint density at radius 2 is 1.71 bits per heavy atom. The third-order valence-corrected chi connectivity index (χ3v) is 2.97. The molecule has 0 saturated heterocycles. The number of rotatable bonds is 7. The first kappa shape index (κ1) is 17.2. The zero-order chi connectivity index (χ0) is 16.0. The first-order valence-corrected chi connectivity index (χ1v) is 6.31. The Morgan fingerprint density at radius 3 is 2.24 bits per heavy atom. The lowest BCUT2D eigenvalue weighted by Gasteiger charge is -2.20. The van der Waals surface area contributed by atoms with Gasteiger partial charge in [-0.3, -0.25) is 4.79 Å². The molecule has 1 aromatic rings. The summed E-state index contributed by atoms with van der Waals surface area (Å²) < 4.78 is 0. The molecule has 0 unspecified atom stereocenters. The highest BCUT2D eigenvalue weighted by atomic mass is 16.4. The number of nitrogens with one attached hydrogen (secondary N) is 1. The lowest BCUT2D eigenvalue weighted by atomic mass is 10.1. The molecule has 0 aliphatic heterocycles. The van der Waals surface area contributed by atoms with E-state index in [-0.39, 0.29) is 30.0 Å². The van der Waals surface area contributed by atoms with Crippen LogP contribution in [-0.2, 0) is 11.2 Å². The van der Waals surface area contributed by atoms with Gasteiger partial charge in [-0.25, -0.2) is 0 Å². The molecule has 1 rings (SSSR count). The Labute approximate surface area is 120 Å². The molecule has 7 N–H and O–H groups in total. The van der Waals surface area contributed by atoms with Gasteiger partial charge < -0.3 is 36.0 Å². The fraction of sp³-hybridized carbons (Fsp3) is 0.462. The monoisotopic (exact) mass is 301 g/mol. The van der Waals surface area contributed by atoms with Gasteiger partial charge >= 0.3 is 0 Å². The van der Waals surface area contributed by atoms with E-state index in [0.29, 0.717) is 0 Å². The molecule has 21 heavy (non-hydrogen) atoms. The number of aromatic hydroxyl groups is 2. The maximum absolute atomic E-state index is 11.5. The van der Waals surface area contributed by atoms with Gasteiger partial charge in [0.2, 0.25) is 0 Å². The van der Waals surface area contributed by atoms with Gasteiger partial charge in [-0.15, -0.1) is 0 Å². The molecular weight excluding hydrogens is 282 g/mol. The van der Waals surface area contributed by atoms with Gasteiger partial charge in [0.05, 0.1) is 6.61 Å². The van der Waals surface area contributed by atoms with E-state index >= 15 is 0 Å². The molecule has 0 saturated carbocycles. The minimum Gasteiger partial charge on any atom is -0.508 e. The summed E-state index contributed by atoms with van der Waals surface area (Å²) in [5.41, 5.74) is 0.239. The molecular formula is C13H19NO7. The van der Waals surface area contributed by atoms with E-state index in [1.54, 1.807) is 0 Å². The molecule has 118 valence electrons. The van der Waals surface area contributed by atoms with Gasteiger partial charge in [-0.05, 0) is 18.6 Å². The van der Waals surface area contributed by atoms with Crippen molar-refractivity contribution in [3.8, 4) is 11.5 Å². The molecule has 0 fully saturated rings. The highest BCUT2D eigenvalue weighted by molar-refractivity contribution is 5.81. The van der Waals surface area contributed by atoms with E-state index in [2.05, 4.69) is 5.32 Å². The topological polar surface area (TPSA) is 150 Å². The van der Waals surface area contributed by atoms with Gasteiger partial charge in [0.25, 0.3) is 5.91 Å². The summed E-state index contributed by atoms with van der Waals surface area (Å²) in [5, 5.41) is 57.9. The number of carbonyl (C=O) groups excluding carboxylic acids is 1. The summed E-state index contributed by atoms with van der Waals surface area (Å²) in [6.07, 6.45) is -5.23. The quantitative estimate of drug-likeness (QED) is 0.303. The van der Waals surface area contributed by atoms with E-state index in [4.69, 9.17) is 10.2 Å². The van der Waals surface area contributed by atoms with E-state index in [1.807, 2.05) is 0 Å². The Balaban J connectivity index is 2.50. The summed E-state index contributed by atoms with van der Waals surface area (Å²) in [4.78, 5) is 11.5. The van der Waals surface area contributed by atoms with Gasteiger partial charge in [0, 0.05) is 12.1 Å². The van der Waals surface area contributed by atoms with Crippen LogP contribution in [0.15, 0.2) is 18.2 Å². The van der Waals surface area contributed by atoms with Crippen LogP contribution in [0.3, 0.4) is 0 Å². The van der Waals surface area contributed by atoms with Gasteiger partial charge in [0.1, 0.15) is 23.7 Å². The second kappa shape index (κ2) is 7.79. The fourth-order valence-electron chi connectivity index (χ4n) is 1.71. The molecule has 1 amide bonds. The molecule has 0 aliphatic rings. The Hall–Kier alpha value is -1.87. The van der Waals surface area contributed by atoms with Crippen molar-refractivity contribution >= 4 is 5.91 Å². The molecule has 8 heteroatoms. The summed E-state index contributed by atoms with van der Waals surface area (Å²) in [6, 6.07) is 4.23. The van der Waals surface area contributed by atoms with Crippen LogP contribution in [0.4, 0.5) is 0 Å². The number of aliphatic hydroxyl groups is 4. The van der Waals surface area contributed by atoms with Crippen molar-refractivity contribution < 1.29 is 35.4 Å². The zero-order valence-electron chi connectivity index (χ0n) is 11.2. The first-order chi connectivity index (χ1) is 9.88. The van der Waals surface area contributed by atoms with Crippen LogP contribution in [0.1, 0.15) is 5.56 Å². The predicted octanol–water partition coefficient (Wildman–Crippen LogP) is -2.17. The van der Waals surface area contributed by atoms with E-state index in [1.165, 1.54) is 18.2 Å². The molecule has 0 aromatic heterocycles. The van der Waals surface area contributed by atoms with Crippen molar-refractivity contribution in [2.45, 2.75) is 24.7 Å². The second-order valence-corrected chi connectivity index (χ2v) is 4.50. The molecule has 0 heterocycles. The van der Waals surface area contributed by atoms with E-state index < -0.39 is 30.8 Å². The number of phenolic OH excluding ortho intramolecular Hbond substituents is 2. The number of amides is 1. The zero-order valence-corrected chi connectivity index (χ0v) is 11.2. The molecule has 0 radical (unpaired) electrons. The number of benzene rings is 1. The van der Waals surface area contributed by atoms with Crippen LogP contribution in [0.25, 0.3) is 0 Å². The lowest BCUT2D eigenvalue weighted by molar-refractivity contribution is -0.142. The summed E-state index contributed by atoms with van der Waals surface area (Å²) in [7, 11) is 0. The number of hydrogen-bond acceptors (Lipinski definition) is 7. The summed E-state index contributed by atoms with van der Waals surface area (Å²) in [5.74, 6) is -1.19. The number of carbonyl (C=O) groups is 1. The largest absolute Gasteiger partial charge is 0.508 e. The summed E-state index contributed by atoms with van der Waals surface area (Å²) in [6.45, 7) is -0.805. The maximum atomic E-state index is 11.5. The van der Waals surface area contributed by atoms with Crippen LogP contribution < -0.4 is 5.32 Å². The third-order valence-electron chi connectivity index (χ3n) is 2.97. The lowest BCUT2D eigenvalue weighted by Crippen LogP contribution is -2.48. The van der Waals surface area contributed by atoms with Crippen molar-refractivity contribution in [2.24, 2.45) is 0 Å². The van der Waals surface area contributed by atoms with Crippen LogP contribution in [-0.4, -0.2) is 68.0 Å². The number of aliphatic hydroxyl groups excluding tert-OH is 4. The molecule has 3 atom stereocenters. The smallest absolute Gasteiger partial charge is 0.251 e. The molecule has 8 nitrogen and oxygen atoms in total. The van der Waals surface area contributed by atoms with E-state index in [9.17, 15) is 25.2 Å². The average molecular weight is 301 g/mol. The Kier molecular flexibility index (Phi) is 6.38. The molecule has 1 aromatic carbocycles. The molecule has 0 aliphatic carbocycles. The minimum atomic E-state index is -1.90. The third kappa shape index (κ3) is 4.57. The van der Waals surface area contributed by atoms with Gasteiger partial charge in [-0.1, -0.05) is 6.07 Å². The minimum absolute atomic E-state index is 0.0109. The average Bonchev–Trinajstić information content (AvgIpc) is 2.47. The van der Waals surface area contributed by atoms with Crippen molar-refractivity contribution in [2.75, 3.05) is 13.2 Å². The second-order valence-electron chi connectivity index (χ2n) is 4.50. The van der Waals surface area contributed by atoms with Crippen LogP contribution in [0.5, 0.6) is 11.5 Å². The Morgan fingerprint density at radius 1 is 1.14 bits per heavy atom. The predicted molar refractivity (Wildman–Crippen MR) is 71.6 cm³/mol. The first-order valence-electron chi connectivity index (χ1n) is 6.31. The fourth-order valence-corrected chi connectivity index (χ4v) is 1.71. The van der Waals surface area contributed by atoms with Gasteiger partial charge in [-0.2, -0.15) is 0 Å². The van der Waals surface area contributed by atoms with E-state index in [0.717, 1.165) is 0 Å². The van der Waals surface area contributed by atoms with Crippen molar-refractivity contribution in [3.63, 3.8) is 0 Å². The number of phenols is 2. The highest BCUT2D eigenvalue weighted by Crippen LogP contribution is 2.26.